The number of pyridine rings is 2. The van der Waals surface area contributed by atoms with Crippen molar-refractivity contribution in [1.29, 1.82) is 5.26 Å². The van der Waals surface area contributed by atoms with Crippen LogP contribution in [-0.2, 0) is 0 Å². The highest BCUT2D eigenvalue weighted by atomic mass is 16.3. The number of rotatable bonds is 3. The number of anilines is 3. The lowest BCUT2D eigenvalue weighted by Gasteiger charge is -2.51. The molecule has 3 aliphatic rings. The van der Waals surface area contributed by atoms with Gasteiger partial charge in [0.1, 0.15) is 11.9 Å². The van der Waals surface area contributed by atoms with Crippen LogP contribution in [0, 0.1) is 18.3 Å². The molecule has 0 spiro atoms. The second-order valence-electron chi connectivity index (χ2n) is 11.2. The fraction of sp³-hybridized carbons (Fsp3) is 0.464. The fourth-order valence-electron chi connectivity index (χ4n) is 6.38. The van der Waals surface area contributed by atoms with Crippen LogP contribution >= 0.6 is 0 Å². The van der Waals surface area contributed by atoms with Crippen molar-refractivity contribution in [3.63, 3.8) is 0 Å². The summed E-state index contributed by atoms with van der Waals surface area (Å²) in [6.45, 7) is 12.9. The minimum Gasteiger partial charge on any atom is -0.493 e. The van der Waals surface area contributed by atoms with Crippen LogP contribution in [0.25, 0.3) is 10.9 Å². The van der Waals surface area contributed by atoms with E-state index in [1.54, 1.807) is 6.07 Å². The van der Waals surface area contributed by atoms with Crippen LogP contribution in [0.2, 0.25) is 0 Å². The molecule has 3 aromatic rings. The summed E-state index contributed by atoms with van der Waals surface area (Å²) in [6.07, 6.45) is 1.99. The normalized spacial score (nSPS) is 23.5. The van der Waals surface area contributed by atoms with Crippen molar-refractivity contribution in [2.75, 3.05) is 60.5 Å². The first-order chi connectivity index (χ1) is 17.7. The van der Waals surface area contributed by atoms with Crippen molar-refractivity contribution in [3.8, 4) is 11.9 Å². The van der Waals surface area contributed by atoms with Crippen molar-refractivity contribution in [2.24, 2.45) is 5.73 Å². The van der Waals surface area contributed by atoms with Crippen LogP contribution in [0.4, 0.5) is 17.2 Å². The highest BCUT2D eigenvalue weighted by molar-refractivity contribution is 5.95. The summed E-state index contributed by atoms with van der Waals surface area (Å²) in [7, 11) is 0. The lowest BCUT2D eigenvalue weighted by atomic mass is 9.93. The standard InChI is InChI=1S/C28H34N8O/c1-18-10-21(35-16-28(3,30)17-35)12-31-27(18)33-8-9-36-19(2)13-34(15-22(36)14-33)24-6-4-20(11-29)26-23(24)5-7-25(37)32-26/h4-7,10,12,19,22H,8-9,13-17,30H2,1-3H3,(H,32,37)/t19-,22?/m0/s1. The van der Waals surface area contributed by atoms with Gasteiger partial charge in [-0.1, -0.05) is 0 Å². The predicted octanol–water partition coefficient (Wildman–Crippen LogP) is 2.45. The summed E-state index contributed by atoms with van der Waals surface area (Å²) in [6, 6.07) is 12.5. The zero-order valence-corrected chi connectivity index (χ0v) is 21.7. The Bertz CT molecular complexity index is 1390. The van der Waals surface area contributed by atoms with Gasteiger partial charge in [0.05, 0.1) is 23.0 Å². The van der Waals surface area contributed by atoms with Gasteiger partial charge in [0.2, 0.25) is 5.88 Å². The van der Waals surface area contributed by atoms with Crippen LogP contribution in [0.1, 0.15) is 25.0 Å². The number of hydrogen-bond donors (Lipinski definition) is 2. The minimum absolute atomic E-state index is 0.0673. The Kier molecular flexibility index (Phi) is 5.62. The molecule has 3 fully saturated rings. The van der Waals surface area contributed by atoms with Crippen molar-refractivity contribution < 1.29 is 5.11 Å². The summed E-state index contributed by atoms with van der Waals surface area (Å²) in [5.74, 6) is 0.995. The quantitative estimate of drug-likeness (QED) is 0.563. The molecule has 3 N–H and O–H groups in total. The molecule has 3 aliphatic heterocycles. The van der Waals surface area contributed by atoms with E-state index in [2.05, 4.69) is 57.5 Å². The maximum Gasteiger partial charge on any atom is 0.211 e. The predicted molar refractivity (Wildman–Crippen MR) is 146 cm³/mol. The topological polar surface area (TPSA) is 109 Å². The van der Waals surface area contributed by atoms with E-state index in [9.17, 15) is 10.4 Å². The van der Waals surface area contributed by atoms with E-state index in [0.29, 0.717) is 23.2 Å². The molecular formula is C28H34N8O. The first-order valence-electron chi connectivity index (χ1n) is 13.0. The number of benzene rings is 1. The smallest absolute Gasteiger partial charge is 0.211 e. The lowest BCUT2D eigenvalue weighted by Crippen LogP contribution is -2.66. The molecule has 2 aromatic heterocycles. The Hall–Kier alpha value is -3.61. The van der Waals surface area contributed by atoms with E-state index in [1.165, 1.54) is 5.56 Å². The number of aromatic hydroxyl groups is 1. The maximum atomic E-state index is 9.93. The molecule has 0 amide bonds. The van der Waals surface area contributed by atoms with Crippen LogP contribution in [-0.4, -0.2) is 83.4 Å². The van der Waals surface area contributed by atoms with Crippen molar-refractivity contribution in [2.45, 2.75) is 38.4 Å². The van der Waals surface area contributed by atoms with E-state index in [-0.39, 0.29) is 11.4 Å². The number of hydrogen-bond acceptors (Lipinski definition) is 9. The third-order valence-corrected chi connectivity index (χ3v) is 8.10. The molecule has 37 heavy (non-hydrogen) atoms. The molecule has 9 heteroatoms. The van der Waals surface area contributed by atoms with Gasteiger partial charge >= 0.3 is 0 Å². The minimum atomic E-state index is -0.108. The Labute approximate surface area is 217 Å². The number of nitrogens with zero attached hydrogens (tertiary/aromatic N) is 7. The Balaban J connectivity index is 1.24. The number of fused-ring (bicyclic) bond motifs is 2. The number of aromatic nitrogens is 2. The Morgan fingerprint density at radius 1 is 1.08 bits per heavy atom. The molecule has 6 rings (SSSR count). The Morgan fingerprint density at radius 3 is 2.59 bits per heavy atom. The zero-order valence-electron chi connectivity index (χ0n) is 21.7. The Morgan fingerprint density at radius 2 is 1.86 bits per heavy atom. The van der Waals surface area contributed by atoms with Gasteiger partial charge in [0.25, 0.3) is 0 Å². The van der Waals surface area contributed by atoms with Crippen molar-refractivity contribution in [1.82, 2.24) is 14.9 Å². The number of aryl methyl sites for hydroxylation is 1. The molecular weight excluding hydrogens is 464 g/mol. The molecule has 1 aromatic carbocycles. The van der Waals surface area contributed by atoms with E-state index in [0.717, 1.165) is 68.4 Å². The highest BCUT2D eigenvalue weighted by Gasteiger charge is 2.38. The van der Waals surface area contributed by atoms with Crippen LogP contribution in [0.15, 0.2) is 36.5 Å². The monoisotopic (exact) mass is 498 g/mol. The van der Waals surface area contributed by atoms with Gasteiger partial charge in [-0.25, -0.2) is 9.97 Å². The van der Waals surface area contributed by atoms with Gasteiger partial charge in [-0.15, -0.1) is 0 Å². The van der Waals surface area contributed by atoms with E-state index < -0.39 is 0 Å². The molecule has 3 saturated heterocycles. The van der Waals surface area contributed by atoms with Gasteiger partial charge in [0.15, 0.2) is 0 Å². The summed E-state index contributed by atoms with van der Waals surface area (Å²) in [5.41, 5.74) is 10.5. The number of nitrogens with two attached hydrogens (primary N) is 1. The van der Waals surface area contributed by atoms with Gasteiger partial charge in [-0.05, 0) is 50.6 Å². The molecule has 2 atom stereocenters. The van der Waals surface area contributed by atoms with E-state index in [1.807, 2.05) is 24.4 Å². The van der Waals surface area contributed by atoms with Gasteiger partial charge in [-0.2, -0.15) is 5.26 Å². The summed E-state index contributed by atoms with van der Waals surface area (Å²) in [4.78, 5) is 18.9. The molecule has 0 bridgehead atoms. The molecule has 0 saturated carbocycles. The maximum absolute atomic E-state index is 9.93. The zero-order chi connectivity index (χ0) is 25.9. The highest BCUT2D eigenvalue weighted by Crippen LogP contribution is 2.34. The van der Waals surface area contributed by atoms with E-state index in [4.69, 9.17) is 10.7 Å². The molecule has 9 nitrogen and oxygen atoms in total. The van der Waals surface area contributed by atoms with Crippen LogP contribution in [0.3, 0.4) is 0 Å². The lowest BCUT2D eigenvalue weighted by molar-refractivity contribution is 0.108. The van der Waals surface area contributed by atoms with Gasteiger partial charge in [0, 0.05) is 80.6 Å². The summed E-state index contributed by atoms with van der Waals surface area (Å²) in [5, 5.41) is 20.4. The SMILES string of the molecule is Cc1cc(N2CC(C)(N)C2)cnc1N1CCN2C(C1)CN(c1ccc(C#N)c3nc(O)ccc13)C[C@@H]2C. The number of nitriles is 1. The largest absolute Gasteiger partial charge is 0.493 e. The van der Waals surface area contributed by atoms with E-state index >= 15 is 0 Å². The summed E-state index contributed by atoms with van der Waals surface area (Å²) >= 11 is 0. The molecule has 5 heterocycles. The first kappa shape index (κ1) is 23.8. The fourth-order valence-corrected chi connectivity index (χ4v) is 6.38. The average molecular weight is 499 g/mol. The molecule has 192 valence electrons. The second kappa shape index (κ2) is 8.75. The molecule has 0 radical (unpaired) electrons. The third-order valence-electron chi connectivity index (χ3n) is 8.10. The van der Waals surface area contributed by atoms with Crippen LogP contribution in [0.5, 0.6) is 5.88 Å². The summed E-state index contributed by atoms with van der Waals surface area (Å²) < 4.78 is 0. The molecule has 1 unspecified atom stereocenters. The average Bonchev–Trinajstić information content (AvgIpc) is 2.86. The van der Waals surface area contributed by atoms with Crippen LogP contribution < -0.4 is 20.4 Å². The third kappa shape index (κ3) is 4.20. The van der Waals surface area contributed by atoms with Gasteiger partial charge < -0.3 is 25.5 Å². The number of piperazine rings is 2. The first-order valence-corrected chi connectivity index (χ1v) is 13.0. The molecule has 0 aliphatic carbocycles. The van der Waals surface area contributed by atoms with Crippen molar-refractivity contribution in [3.05, 3.63) is 47.7 Å². The van der Waals surface area contributed by atoms with Crippen molar-refractivity contribution >= 4 is 28.1 Å². The van der Waals surface area contributed by atoms with Gasteiger partial charge in [-0.3, -0.25) is 4.90 Å². The second-order valence-corrected chi connectivity index (χ2v) is 11.2.